The van der Waals surface area contributed by atoms with Crippen LogP contribution < -0.4 is 10.6 Å². The van der Waals surface area contributed by atoms with E-state index in [0.717, 1.165) is 7.11 Å². The fourth-order valence-corrected chi connectivity index (χ4v) is 2.77. The molecule has 126 valence electrons. The Morgan fingerprint density at radius 2 is 2.35 bits per heavy atom. The van der Waals surface area contributed by atoms with Gasteiger partial charge in [0.2, 0.25) is 0 Å². The molecule has 1 aliphatic heterocycles. The number of anilines is 1. The number of phosphoric ester groups is 1. The number of aliphatic hydroxyl groups excluding tert-OH is 1. The van der Waals surface area contributed by atoms with E-state index in [1.165, 1.54) is 12.7 Å². The van der Waals surface area contributed by atoms with Crippen LogP contribution in [0.5, 0.6) is 0 Å². The zero-order valence-corrected chi connectivity index (χ0v) is 13.0. The van der Waals surface area contributed by atoms with E-state index in [1.807, 2.05) is 0 Å². The Labute approximate surface area is 130 Å². The maximum atomic E-state index is 11.2. The maximum Gasteiger partial charge on any atom is 0.267 e. The van der Waals surface area contributed by atoms with Crippen LogP contribution in [-0.4, -0.2) is 50.6 Å². The van der Waals surface area contributed by atoms with E-state index < -0.39 is 26.3 Å². The third-order valence-corrected chi connectivity index (χ3v) is 4.43. The highest BCUT2D eigenvalue weighted by Crippen LogP contribution is 2.39. The van der Waals surface area contributed by atoms with Crippen LogP contribution in [0.3, 0.4) is 0 Å². The van der Waals surface area contributed by atoms with Crippen LogP contribution in [0.1, 0.15) is 12.6 Å². The van der Waals surface area contributed by atoms with Crippen molar-refractivity contribution in [1.82, 2.24) is 19.5 Å². The van der Waals surface area contributed by atoms with Crippen molar-refractivity contribution in [2.45, 2.75) is 24.9 Å². The summed E-state index contributed by atoms with van der Waals surface area (Å²) in [7, 11) is -3.38. The summed E-state index contributed by atoms with van der Waals surface area (Å²) in [6, 6.07) is 0. The van der Waals surface area contributed by atoms with E-state index in [2.05, 4.69) is 24.0 Å². The lowest BCUT2D eigenvalue weighted by Crippen LogP contribution is -2.27. The SMILES string of the molecule is COP(=O)([O-])OC[C@H]1O[C@@H](n2cnc3c(N)ncnc32)CC1O. The monoisotopic (exact) mass is 344 g/mol. The predicted octanol–water partition coefficient (Wildman–Crippen LogP) is -0.812. The highest BCUT2D eigenvalue weighted by Gasteiger charge is 2.36. The fraction of sp³-hybridized carbons (Fsp3) is 0.545. The lowest BCUT2D eigenvalue weighted by atomic mass is 10.2. The predicted molar refractivity (Wildman–Crippen MR) is 74.8 cm³/mol. The van der Waals surface area contributed by atoms with E-state index in [4.69, 9.17) is 10.5 Å². The van der Waals surface area contributed by atoms with Crippen molar-refractivity contribution < 1.29 is 28.3 Å². The second-order valence-electron chi connectivity index (χ2n) is 4.94. The van der Waals surface area contributed by atoms with Crippen molar-refractivity contribution >= 4 is 24.8 Å². The van der Waals surface area contributed by atoms with Gasteiger partial charge < -0.3 is 29.5 Å². The van der Waals surface area contributed by atoms with Crippen LogP contribution in [0.4, 0.5) is 5.82 Å². The lowest BCUT2D eigenvalue weighted by Gasteiger charge is -2.23. The summed E-state index contributed by atoms with van der Waals surface area (Å²) in [6.07, 6.45) is 0.687. The number of rotatable bonds is 5. The number of nitrogens with two attached hydrogens (primary N) is 1. The third kappa shape index (κ3) is 3.20. The molecule has 2 unspecified atom stereocenters. The molecule has 3 N–H and O–H groups in total. The topological polar surface area (TPSA) is 158 Å². The minimum absolute atomic E-state index is 0.222. The van der Waals surface area contributed by atoms with E-state index in [1.54, 1.807) is 4.57 Å². The molecule has 0 aromatic carbocycles. The molecular weight excluding hydrogens is 329 g/mol. The number of hydrogen-bond acceptors (Lipinski definition) is 10. The Morgan fingerprint density at radius 1 is 1.57 bits per heavy atom. The van der Waals surface area contributed by atoms with Gasteiger partial charge in [0.15, 0.2) is 11.5 Å². The molecule has 0 radical (unpaired) electrons. The van der Waals surface area contributed by atoms with E-state index in [9.17, 15) is 14.6 Å². The first kappa shape index (κ1) is 16.2. The number of nitrogens with zero attached hydrogens (tertiary/aromatic N) is 4. The van der Waals surface area contributed by atoms with Crippen LogP contribution in [0, 0.1) is 0 Å². The summed E-state index contributed by atoms with van der Waals surface area (Å²) in [5.74, 6) is 0.236. The third-order valence-electron chi connectivity index (χ3n) is 3.52. The molecule has 0 spiro atoms. The number of aromatic nitrogens is 4. The molecule has 1 fully saturated rings. The Hall–Kier alpha value is -1.62. The number of phosphoric acid groups is 1. The number of hydrogen-bond donors (Lipinski definition) is 2. The smallest absolute Gasteiger partial charge is 0.267 e. The molecule has 3 rings (SSSR count). The van der Waals surface area contributed by atoms with E-state index in [-0.39, 0.29) is 18.8 Å². The van der Waals surface area contributed by atoms with Gasteiger partial charge in [0.1, 0.15) is 24.2 Å². The van der Waals surface area contributed by atoms with E-state index in [0.29, 0.717) is 11.2 Å². The summed E-state index contributed by atoms with van der Waals surface area (Å²) in [5, 5.41) is 10.0. The van der Waals surface area contributed by atoms with Gasteiger partial charge in [-0.15, -0.1) is 0 Å². The van der Waals surface area contributed by atoms with Crippen LogP contribution >= 0.6 is 7.82 Å². The number of nitrogen functional groups attached to an aromatic ring is 1. The summed E-state index contributed by atoms with van der Waals surface area (Å²) in [6.45, 7) is -0.351. The van der Waals surface area contributed by atoms with Crippen LogP contribution in [0.25, 0.3) is 11.2 Å². The number of ether oxygens (including phenoxy) is 1. The largest absolute Gasteiger partial charge is 0.756 e. The minimum atomic E-state index is -4.38. The zero-order valence-electron chi connectivity index (χ0n) is 12.1. The number of fused-ring (bicyclic) bond motifs is 1. The first-order valence-corrected chi connectivity index (χ1v) is 8.15. The van der Waals surface area contributed by atoms with Gasteiger partial charge in [-0.3, -0.25) is 9.13 Å². The van der Waals surface area contributed by atoms with Gasteiger partial charge in [0.05, 0.1) is 19.0 Å². The van der Waals surface area contributed by atoms with Crippen molar-refractivity contribution in [2.75, 3.05) is 19.5 Å². The maximum absolute atomic E-state index is 11.2. The van der Waals surface area contributed by atoms with Crippen molar-refractivity contribution in [3.63, 3.8) is 0 Å². The van der Waals surface area contributed by atoms with Gasteiger partial charge in [-0.1, -0.05) is 0 Å². The second-order valence-corrected chi connectivity index (χ2v) is 6.46. The Kier molecular flexibility index (Phi) is 4.32. The lowest BCUT2D eigenvalue weighted by molar-refractivity contribution is -0.226. The first-order valence-electron chi connectivity index (χ1n) is 6.69. The molecule has 0 amide bonds. The molecule has 4 atom stereocenters. The molecule has 0 saturated carbocycles. The van der Waals surface area contributed by atoms with Crippen molar-refractivity contribution in [2.24, 2.45) is 0 Å². The highest BCUT2D eigenvalue weighted by atomic mass is 31.2. The molecule has 23 heavy (non-hydrogen) atoms. The fourth-order valence-electron chi connectivity index (χ4n) is 2.33. The van der Waals surface area contributed by atoms with Crippen LogP contribution in [0.15, 0.2) is 12.7 Å². The Balaban J connectivity index is 1.75. The number of imidazole rings is 1. The molecule has 11 nitrogen and oxygen atoms in total. The molecule has 12 heteroatoms. The minimum Gasteiger partial charge on any atom is -0.756 e. The Morgan fingerprint density at radius 3 is 3.09 bits per heavy atom. The Bertz CT molecular complexity index is 754. The van der Waals surface area contributed by atoms with Crippen LogP contribution in [0.2, 0.25) is 0 Å². The van der Waals surface area contributed by atoms with Crippen molar-refractivity contribution in [3.8, 4) is 0 Å². The van der Waals surface area contributed by atoms with Crippen molar-refractivity contribution in [1.29, 1.82) is 0 Å². The summed E-state index contributed by atoms with van der Waals surface area (Å²) < 4.78 is 27.2. The average Bonchev–Trinajstić information content (AvgIpc) is 3.10. The summed E-state index contributed by atoms with van der Waals surface area (Å²) in [5.41, 5.74) is 6.60. The summed E-state index contributed by atoms with van der Waals surface area (Å²) in [4.78, 5) is 23.2. The van der Waals surface area contributed by atoms with Crippen molar-refractivity contribution in [3.05, 3.63) is 12.7 Å². The quantitative estimate of drug-likeness (QED) is 0.657. The molecule has 0 aliphatic carbocycles. The zero-order chi connectivity index (χ0) is 16.6. The molecule has 3 heterocycles. The average molecular weight is 344 g/mol. The molecular formula is C11H15N5O6P-. The molecule has 1 aliphatic rings. The standard InChI is InChI=1S/C11H16N5O6P/c1-20-23(18,19)21-3-7-6(17)2-8(22-7)16-5-15-9-10(12)13-4-14-11(9)16/h4-8,17H,2-3H2,1H3,(H,18,19)(H2,12,13,14)/p-1/t6?,7-,8-/m1/s1. The van der Waals surface area contributed by atoms with Gasteiger partial charge in [-0.05, 0) is 0 Å². The van der Waals surface area contributed by atoms with Gasteiger partial charge >= 0.3 is 0 Å². The van der Waals surface area contributed by atoms with Gasteiger partial charge in [0, 0.05) is 13.5 Å². The molecule has 1 saturated heterocycles. The highest BCUT2D eigenvalue weighted by molar-refractivity contribution is 7.45. The normalized spacial score (nSPS) is 27.3. The van der Waals surface area contributed by atoms with Crippen LogP contribution in [-0.2, 0) is 18.3 Å². The first-order chi connectivity index (χ1) is 10.9. The van der Waals surface area contributed by atoms with Gasteiger partial charge in [-0.2, -0.15) is 0 Å². The van der Waals surface area contributed by atoms with E-state index >= 15 is 0 Å². The summed E-state index contributed by atoms with van der Waals surface area (Å²) >= 11 is 0. The second kappa shape index (κ2) is 6.11. The molecule has 0 bridgehead atoms. The van der Waals surface area contributed by atoms with Gasteiger partial charge in [0.25, 0.3) is 7.82 Å². The molecule has 2 aromatic heterocycles. The molecule has 2 aromatic rings. The van der Waals surface area contributed by atoms with Gasteiger partial charge in [-0.25, -0.2) is 15.0 Å². The number of aliphatic hydroxyl groups is 1.